The second kappa shape index (κ2) is 7.43. The lowest BCUT2D eigenvalue weighted by Crippen LogP contribution is -2.28. The summed E-state index contributed by atoms with van der Waals surface area (Å²) in [4.78, 5) is 16.5. The lowest BCUT2D eigenvalue weighted by atomic mass is 10.2. The van der Waals surface area contributed by atoms with Crippen molar-refractivity contribution < 1.29 is 9.53 Å². The molecule has 0 aliphatic heterocycles. The molecular formula is C19H23N5O2. The van der Waals surface area contributed by atoms with Crippen molar-refractivity contribution in [2.45, 2.75) is 33.4 Å². The maximum Gasteiger partial charge on any atom is 0.319 e. The van der Waals surface area contributed by atoms with Gasteiger partial charge in [-0.1, -0.05) is 12.1 Å². The second-order valence-electron chi connectivity index (χ2n) is 6.42. The molecule has 0 aliphatic carbocycles. The largest absolute Gasteiger partial charge is 0.491 e. The molecule has 0 atom stereocenters. The number of aryl methyl sites for hydroxylation is 2. The SMILES string of the molecule is Cc1nn(C)c2ncc(NC(=O)NCc3ccc(OC(C)C)cc3)cc12. The van der Waals surface area contributed by atoms with Crippen LogP contribution in [0.1, 0.15) is 25.1 Å². The molecule has 0 fully saturated rings. The first-order valence-electron chi connectivity index (χ1n) is 8.52. The molecule has 0 unspecified atom stereocenters. The van der Waals surface area contributed by atoms with Crippen LogP contribution in [0.5, 0.6) is 5.75 Å². The molecule has 3 aromatic rings. The summed E-state index contributed by atoms with van der Waals surface area (Å²) in [6.07, 6.45) is 1.76. The Bertz CT molecular complexity index is 916. The highest BCUT2D eigenvalue weighted by Crippen LogP contribution is 2.19. The Morgan fingerprint density at radius 1 is 1.27 bits per heavy atom. The van der Waals surface area contributed by atoms with Crippen molar-refractivity contribution in [2.75, 3.05) is 5.32 Å². The molecule has 2 aromatic heterocycles. The van der Waals surface area contributed by atoms with Gasteiger partial charge in [0.15, 0.2) is 5.65 Å². The number of pyridine rings is 1. The Balaban J connectivity index is 1.58. The van der Waals surface area contributed by atoms with E-state index < -0.39 is 0 Å². The molecule has 0 saturated heterocycles. The van der Waals surface area contributed by atoms with Gasteiger partial charge in [0, 0.05) is 19.0 Å². The number of nitrogens with zero attached hydrogens (tertiary/aromatic N) is 3. The molecule has 0 radical (unpaired) electrons. The van der Waals surface area contributed by atoms with E-state index in [1.165, 1.54) is 0 Å². The molecule has 0 spiro atoms. The molecule has 1 aromatic carbocycles. The van der Waals surface area contributed by atoms with Crippen molar-refractivity contribution in [3.63, 3.8) is 0 Å². The summed E-state index contributed by atoms with van der Waals surface area (Å²) in [6, 6.07) is 9.27. The van der Waals surface area contributed by atoms with Gasteiger partial charge in [-0.05, 0) is 44.5 Å². The van der Waals surface area contributed by atoms with Crippen LogP contribution >= 0.6 is 0 Å². The fourth-order valence-corrected chi connectivity index (χ4v) is 2.69. The molecule has 26 heavy (non-hydrogen) atoms. The molecule has 7 nitrogen and oxygen atoms in total. The summed E-state index contributed by atoms with van der Waals surface area (Å²) in [5, 5.41) is 10.9. The number of hydrogen-bond acceptors (Lipinski definition) is 4. The maximum absolute atomic E-state index is 12.1. The van der Waals surface area contributed by atoms with Gasteiger partial charge < -0.3 is 15.4 Å². The van der Waals surface area contributed by atoms with E-state index in [2.05, 4.69) is 20.7 Å². The van der Waals surface area contributed by atoms with Crippen LogP contribution in [0.15, 0.2) is 36.5 Å². The normalized spacial score (nSPS) is 11.0. The van der Waals surface area contributed by atoms with E-state index in [4.69, 9.17) is 4.74 Å². The molecule has 3 rings (SSSR count). The van der Waals surface area contributed by atoms with Crippen LogP contribution < -0.4 is 15.4 Å². The van der Waals surface area contributed by atoms with E-state index in [0.717, 1.165) is 28.0 Å². The number of carbonyl (C=O) groups excluding carboxylic acids is 1. The summed E-state index contributed by atoms with van der Waals surface area (Å²) in [7, 11) is 1.85. The van der Waals surface area contributed by atoms with Gasteiger partial charge in [-0.3, -0.25) is 4.68 Å². The molecule has 2 heterocycles. The van der Waals surface area contributed by atoms with E-state index in [9.17, 15) is 4.79 Å². The van der Waals surface area contributed by atoms with Gasteiger partial charge in [0.1, 0.15) is 5.75 Å². The smallest absolute Gasteiger partial charge is 0.319 e. The van der Waals surface area contributed by atoms with Gasteiger partial charge in [0.05, 0.1) is 23.7 Å². The predicted molar refractivity (Wildman–Crippen MR) is 101 cm³/mol. The molecule has 0 bridgehead atoms. The first-order chi connectivity index (χ1) is 12.4. The zero-order valence-corrected chi connectivity index (χ0v) is 15.4. The standard InChI is InChI=1S/C19H23N5O2/c1-12(2)26-16-7-5-14(6-8-16)10-21-19(25)22-15-9-17-13(3)23-24(4)18(17)20-11-15/h5-9,11-12H,10H2,1-4H3,(H2,21,22,25). The van der Waals surface area contributed by atoms with Crippen LogP contribution in [0.2, 0.25) is 0 Å². The fraction of sp³-hybridized carbons (Fsp3) is 0.316. The summed E-state index contributed by atoms with van der Waals surface area (Å²) < 4.78 is 7.33. The Labute approximate surface area is 152 Å². The number of amides is 2. The number of nitrogens with one attached hydrogen (secondary N) is 2. The van der Waals surface area contributed by atoms with Crippen LogP contribution in [0.3, 0.4) is 0 Å². The Hall–Kier alpha value is -3.09. The van der Waals surface area contributed by atoms with Crippen LogP contribution in [0, 0.1) is 6.92 Å². The first kappa shape index (κ1) is 17.7. The Morgan fingerprint density at radius 2 is 2.00 bits per heavy atom. The average molecular weight is 353 g/mol. The summed E-state index contributed by atoms with van der Waals surface area (Å²) >= 11 is 0. The highest BCUT2D eigenvalue weighted by molar-refractivity contribution is 5.92. The van der Waals surface area contributed by atoms with Gasteiger partial charge in [-0.15, -0.1) is 0 Å². The van der Waals surface area contributed by atoms with Crippen molar-refractivity contribution in [1.82, 2.24) is 20.1 Å². The zero-order valence-electron chi connectivity index (χ0n) is 15.4. The van der Waals surface area contributed by atoms with Gasteiger partial charge in [-0.25, -0.2) is 9.78 Å². The number of urea groups is 1. The quantitative estimate of drug-likeness (QED) is 0.737. The molecule has 7 heteroatoms. The first-order valence-corrected chi connectivity index (χ1v) is 8.52. The van der Waals surface area contributed by atoms with E-state index in [0.29, 0.717) is 12.2 Å². The zero-order chi connectivity index (χ0) is 18.7. The molecule has 2 amide bonds. The number of aromatic nitrogens is 3. The maximum atomic E-state index is 12.1. The van der Waals surface area contributed by atoms with Crippen molar-refractivity contribution in [2.24, 2.45) is 7.05 Å². The third kappa shape index (κ3) is 4.11. The minimum atomic E-state index is -0.282. The third-order valence-electron chi connectivity index (χ3n) is 3.87. The molecule has 136 valence electrons. The minimum Gasteiger partial charge on any atom is -0.491 e. The van der Waals surface area contributed by atoms with Crippen LogP contribution in [0.25, 0.3) is 11.0 Å². The monoisotopic (exact) mass is 353 g/mol. The lowest BCUT2D eigenvalue weighted by molar-refractivity contribution is 0.242. The van der Waals surface area contributed by atoms with E-state index in [1.54, 1.807) is 10.9 Å². The van der Waals surface area contributed by atoms with Crippen molar-refractivity contribution >= 4 is 22.8 Å². The van der Waals surface area contributed by atoms with Gasteiger partial charge in [0.2, 0.25) is 0 Å². The number of carbonyl (C=O) groups is 1. The van der Waals surface area contributed by atoms with Gasteiger partial charge in [0.25, 0.3) is 0 Å². The number of ether oxygens (including phenoxy) is 1. The predicted octanol–water partition coefficient (Wildman–Crippen LogP) is 3.39. The van der Waals surface area contributed by atoms with Crippen molar-refractivity contribution in [1.29, 1.82) is 0 Å². The molecule has 0 aliphatic rings. The van der Waals surface area contributed by atoms with Crippen molar-refractivity contribution in [3.8, 4) is 5.75 Å². The third-order valence-corrected chi connectivity index (χ3v) is 3.87. The number of hydrogen-bond donors (Lipinski definition) is 2. The Morgan fingerprint density at radius 3 is 2.69 bits per heavy atom. The number of fused-ring (bicyclic) bond motifs is 1. The van der Waals surface area contributed by atoms with Crippen LogP contribution in [-0.2, 0) is 13.6 Å². The second-order valence-corrected chi connectivity index (χ2v) is 6.42. The van der Waals surface area contributed by atoms with E-state index >= 15 is 0 Å². The van der Waals surface area contributed by atoms with Crippen LogP contribution in [0.4, 0.5) is 10.5 Å². The number of benzene rings is 1. The Kier molecular flexibility index (Phi) is 5.06. The average Bonchev–Trinajstić information content (AvgIpc) is 2.88. The molecular weight excluding hydrogens is 330 g/mol. The fourth-order valence-electron chi connectivity index (χ4n) is 2.69. The highest BCUT2D eigenvalue weighted by atomic mass is 16.5. The summed E-state index contributed by atoms with van der Waals surface area (Å²) in [5.74, 6) is 0.819. The summed E-state index contributed by atoms with van der Waals surface area (Å²) in [6.45, 7) is 6.31. The number of rotatable bonds is 5. The topological polar surface area (TPSA) is 81.1 Å². The molecule has 0 saturated carbocycles. The minimum absolute atomic E-state index is 0.138. The van der Waals surface area contributed by atoms with Crippen molar-refractivity contribution in [3.05, 3.63) is 47.8 Å². The highest BCUT2D eigenvalue weighted by Gasteiger charge is 2.09. The van der Waals surface area contributed by atoms with Gasteiger partial charge >= 0.3 is 6.03 Å². The van der Waals surface area contributed by atoms with Crippen LogP contribution in [-0.4, -0.2) is 26.9 Å². The molecule has 2 N–H and O–H groups in total. The summed E-state index contributed by atoms with van der Waals surface area (Å²) in [5.41, 5.74) is 3.29. The van der Waals surface area contributed by atoms with Gasteiger partial charge in [-0.2, -0.15) is 5.10 Å². The number of anilines is 1. The lowest BCUT2D eigenvalue weighted by Gasteiger charge is -2.11. The van der Waals surface area contributed by atoms with E-state index in [1.807, 2.05) is 58.2 Å². The van der Waals surface area contributed by atoms with E-state index in [-0.39, 0.29) is 12.1 Å².